The van der Waals surface area contributed by atoms with Crippen LogP contribution in [0.4, 0.5) is 18.9 Å². The maximum Gasteiger partial charge on any atom is 0.326 e. The number of aromatic hydroxyl groups is 1. The highest BCUT2D eigenvalue weighted by molar-refractivity contribution is 7.92. The first kappa shape index (κ1) is 17.2. The molecule has 1 amide bonds. The number of anilines is 1. The highest BCUT2D eigenvalue weighted by atomic mass is 32.2. The summed E-state index contributed by atoms with van der Waals surface area (Å²) in [5, 5.41) is 12.8. The van der Waals surface area contributed by atoms with E-state index in [1.807, 2.05) is 0 Å². The summed E-state index contributed by atoms with van der Waals surface area (Å²) in [7, 11) is -4.30. The van der Waals surface area contributed by atoms with Gasteiger partial charge in [0.15, 0.2) is 5.82 Å². The van der Waals surface area contributed by atoms with Crippen LogP contribution in [0.15, 0.2) is 18.2 Å². The van der Waals surface area contributed by atoms with Gasteiger partial charge in [-0.2, -0.15) is 8.42 Å². The van der Waals surface area contributed by atoms with Gasteiger partial charge in [0.25, 0.3) is 11.8 Å². The second-order valence-electron chi connectivity index (χ2n) is 6.50. The Hall–Kier alpha value is -2.27. The Kier molecular flexibility index (Phi) is 3.54. The summed E-state index contributed by atoms with van der Waals surface area (Å²) < 4.78 is 67.4. The van der Waals surface area contributed by atoms with Crippen LogP contribution in [0.5, 0.6) is 5.75 Å². The van der Waals surface area contributed by atoms with E-state index in [-0.39, 0.29) is 18.5 Å². The number of phenolic OH excluding ortho intramolecular Hbond substituents is 1. The van der Waals surface area contributed by atoms with Crippen molar-refractivity contribution in [2.24, 2.45) is 5.92 Å². The van der Waals surface area contributed by atoms with Crippen LogP contribution in [0.3, 0.4) is 0 Å². The molecule has 0 aromatic heterocycles. The van der Waals surface area contributed by atoms with Crippen molar-refractivity contribution in [2.75, 3.05) is 17.4 Å². The summed E-state index contributed by atoms with van der Waals surface area (Å²) in [5.41, 5.74) is -0.291. The smallest absolute Gasteiger partial charge is 0.326 e. The van der Waals surface area contributed by atoms with Gasteiger partial charge in [-0.05, 0) is 17.7 Å². The number of phenols is 1. The fraction of sp³-hybridized carbons (Fsp3) is 0.400. The fourth-order valence-corrected chi connectivity index (χ4v) is 4.48. The molecule has 26 heavy (non-hydrogen) atoms. The van der Waals surface area contributed by atoms with E-state index >= 15 is 0 Å². The van der Waals surface area contributed by atoms with Gasteiger partial charge in [0.2, 0.25) is 0 Å². The predicted octanol–water partition coefficient (Wildman–Crippen LogP) is 0.723. The second-order valence-corrected chi connectivity index (χ2v) is 8.10. The van der Waals surface area contributed by atoms with E-state index < -0.39 is 57.8 Å². The van der Waals surface area contributed by atoms with Crippen molar-refractivity contribution in [1.82, 2.24) is 10.0 Å². The van der Waals surface area contributed by atoms with Crippen LogP contribution in [0, 0.1) is 11.7 Å². The van der Waals surface area contributed by atoms with Gasteiger partial charge in [-0.3, -0.25) is 4.79 Å². The maximum atomic E-state index is 15.0. The van der Waals surface area contributed by atoms with Gasteiger partial charge in [0, 0.05) is 30.5 Å². The molecule has 1 aromatic carbocycles. The monoisotopic (exact) mass is 389 g/mol. The predicted molar refractivity (Wildman–Crippen MR) is 85.3 cm³/mol. The molecule has 1 aliphatic carbocycles. The van der Waals surface area contributed by atoms with Gasteiger partial charge >= 0.3 is 10.2 Å². The molecule has 2 unspecified atom stereocenters. The molecule has 2 fully saturated rings. The number of carbonyl (C=O) groups excluding carboxylic acids is 1. The van der Waals surface area contributed by atoms with Crippen LogP contribution in [-0.2, 0) is 15.0 Å². The number of nitrogens with zero attached hydrogens (tertiary/aromatic N) is 1. The number of halogens is 3. The number of benzene rings is 1. The van der Waals surface area contributed by atoms with Crippen LogP contribution in [0.1, 0.15) is 12.0 Å². The fourth-order valence-electron chi connectivity index (χ4n) is 3.32. The number of alkyl halides is 2. The summed E-state index contributed by atoms with van der Waals surface area (Å²) >= 11 is 0. The van der Waals surface area contributed by atoms with Gasteiger partial charge in [0.05, 0.1) is 0 Å². The molecule has 0 spiro atoms. The van der Waals surface area contributed by atoms with Crippen molar-refractivity contribution in [1.29, 1.82) is 0 Å². The third-order valence-electron chi connectivity index (χ3n) is 4.73. The Bertz CT molecular complexity index is 948. The van der Waals surface area contributed by atoms with E-state index in [4.69, 9.17) is 0 Å². The molecule has 1 saturated heterocycles. The number of rotatable bonds is 3. The molecule has 0 bridgehead atoms. The summed E-state index contributed by atoms with van der Waals surface area (Å²) in [5.74, 6) is -6.13. The van der Waals surface area contributed by atoms with Crippen LogP contribution in [0.2, 0.25) is 0 Å². The van der Waals surface area contributed by atoms with Crippen molar-refractivity contribution < 1.29 is 31.5 Å². The molecule has 11 heteroatoms. The first-order chi connectivity index (χ1) is 12.1. The minimum Gasteiger partial charge on any atom is -0.506 e. The van der Waals surface area contributed by atoms with Gasteiger partial charge < -0.3 is 10.4 Å². The lowest BCUT2D eigenvalue weighted by atomic mass is 10.0. The molecule has 1 aromatic rings. The highest BCUT2D eigenvalue weighted by Gasteiger charge is 2.60. The lowest BCUT2D eigenvalue weighted by molar-refractivity contribution is -0.117. The Morgan fingerprint density at radius 2 is 2.00 bits per heavy atom. The molecule has 3 aliphatic rings. The molecule has 2 heterocycles. The third kappa shape index (κ3) is 2.62. The standard InChI is InChI=1S/C15H14F3N3O4S/c16-13-8(7-3-10(19-5-7)9-4-15(9,17)18)1-2-11(22)14(13)21-6-12(23)20-26(21,24)25/h1-3,9-10,19,22H,4-6H2,(H,20,23). The number of carbonyl (C=O) groups is 1. The van der Waals surface area contributed by atoms with Crippen LogP contribution in [-0.4, -0.2) is 44.5 Å². The van der Waals surface area contributed by atoms with Crippen molar-refractivity contribution in [2.45, 2.75) is 18.4 Å². The summed E-state index contributed by atoms with van der Waals surface area (Å²) in [6.07, 6.45) is 1.25. The summed E-state index contributed by atoms with van der Waals surface area (Å²) in [6.45, 7) is -0.535. The summed E-state index contributed by atoms with van der Waals surface area (Å²) in [6, 6.07) is 1.74. The Balaban J connectivity index is 1.72. The van der Waals surface area contributed by atoms with Crippen molar-refractivity contribution in [3.63, 3.8) is 0 Å². The lowest BCUT2D eigenvalue weighted by Crippen LogP contribution is -2.30. The third-order valence-corrected chi connectivity index (χ3v) is 6.10. The molecule has 1 saturated carbocycles. The zero-order valence-electron chi connectivity index (χ0n) is 13.2. The normalized spacial score (nSPS) is 28.8. The highest BCUT2D eigenvalue weighted by Crippen LogP contribution is 2.52. The summed E-state index contributed by atoms with van der Waals surface area (Å²) in [4.78, 5) is 11.4. The van der Waals surface area contributed by atoms with Crippen molar-refractivity contribution in [3.05, 3.63) is 29.6 Å². The lowest BCUT2D eigenvalue weighted by Gasteiger charge is -2.18. The minimum absolute atomic E-state index is 0.0219. The molecule has 2 aliphatic heterocycles. The zero-order valence-corrected chi connectivity index (χ0v) is 14.0. The van der Waals surface area contributed by atoms with E-state index in [1.54, 1.807) is 4.72 Å². The minimum atomic E-state index is -4.30. The van der Waals surface area contributed by atoms with E-state index in [9.17, 15) is 31.5 Å². The average molecular weight is 389 g/mol. The van der Waals surface area contributed by atoms with Crippen LogP contribution < -0.4 is 14.3 Å². The van der Waals surface area contributed by atoms with Gasteiger partial charge in [-0.1, -0.05) is 6.08 Å². The SMILES string of the molecule is O=C1CN(c2c(O)ccc(C3=CC(C4CC4(F)F)NC3)c2F)S(=O)(=O)N1. The molecular weight excluding hydrogens is 375 g/mol. The Morgan fingerprint density at radius 3 is 2.58 bits per heavy atom. The molecular formula is C15H14F3N3O4S. The van der Waals surface area contributed by atoms with Gasteiger partial charge in [0.1, 0.15) is 18.0 Å². The van der Waals surface area contributed by atoms with Gasteiger partial charge in [-0.25, -0.2) is 22.2 Å². The number of hydrogen-bond acceptors (Lipinski definition) is 5. The first-order valence-electron chi connectivity index (χ1n) is 7.77. The number of amides is 1. The topological polar surface area (TPSA) is 98.7 Å². The Morgan fingerprint density at radius 1 is 1.31 bits per heavy atom. The van der Waals surface area contributed by atoms with Crippen LogP contribution >= 0.6 is 0 Å². The molecule has 140 valence electrons. The Labute approximate surface area is 146 Å². The molecule has 0 radical (unpaired) electrons. The quantitative estimate of drug-likeness (QED) is 0.708. The maximum absolute atomic E-state index is 15.0. The van der Waals surface area contributed by atoms with E-state index in [2.05, 4.69) is 5.32 Å². The van der Waals surface area contributed by atoms with Gasteiger partial charge in [-0.15, -0.1) is 0 Å². The van der Waals surface area contributed by atoms with Crippen molar-refractivity contribution in [3.8, 4) is 5.75 Å². The van der Waals surface area contributed by atoms with E-state index in [1.165, 1.54) is 12.1 Å². The first-order valence-corrected chi connectivity index (χ1v) is 9.21. The largest absolute Gasteiger partial charge is 0.506 e. The molecule has 3 N–H and O–H groups in total. The molecule has 7 nitrogen and oxygen atoms in total. The van der Waals surface area contributed by atoms with E-state index in [0.29, 0.717) is 9.88 Å². The zero-order chi connectivity index (χ0) is 18.9. The molecule has 2 atom stereocenters. The average Bonchev–Trinajstić information content (AvgIpc) is 2.87. The molecule has 4 rings (SSSR count). The van der Waals surface area contributed by atoms with Crippen LogP contribution in [0.25, 0.3) is 5.57 Å². The van der Waals surface area contributed by atoms with E-state index in [0.717, 1.165) is 6.07 Å². The number of hydrogen-bond donors (Lipinski definition) is 3. The van der Waals surface area contributed by atoms with Crippen molar-refractivity contribution >= 4 is 27.4 Å². The second kappa shape index (κ2) is 5.36. The number of nitrogens with one attached hydrogen (secondary N) is 2.